The van der Waals surface area contributed by atoms with Crippen LogP contribution in [-0.4, -0.2) is 24.3 Å². The summed E-state index contributed by atoms with van der Waals surface area (Å²) in [4.78, 5) is 11.5. The van der Waals surface area contributed by atoms with Crippen LogP contribution in [0.5, 0.6) is 5.75 Å². The number of carbonyl (C=O) groups excluding carboxylic acids is 1. The molecule has 19 heavy (non-hydrogen) atoms. The lowest BCUT2D eigenvalue weighted by molar-refractivity contribution is -0.169. The molecule has 1 heterocycles. The lowest BCUT2D eigenvalue weighted by atomic mass is 10.0. The van der Waals surface area contributed by atoms with Crippen molar-refractivity contribution in [3.8, 4) is 5.75 Å². The highest BCUT2D eigenvalue weighted by Crippen LogP contribution is 2.28. The lowest BCUT2D eigenvalue weighted by Crippen LogP contribution is -2.51. The summed E-state index contributed by atoms with van der Waals surface area (Å²) in [7, 11) is 0. The molecule has 0 saturated heterocycles. The molecular weight excluding hydrogens is 242 g/mol. The van der Waals surface area contributed by atoms with Gasteiger partial charge in [-0.1, -0.05) is 39.0 Å². The molecule has 1 unspecified atom stereocenters. The van der Waals surface area contributed by atoms with Gasteiger partial charge in [-0.3, -0.25) is 4.79 Å². The predicted octanol–water partition coefficient (Wildman–Crippen LogP) is 2.27. The smallest absolute Gasteiger partial charge is 0.308 e. The van der Waals surface area contributed by atoms with Gasteiger partial charge in [0.2, 0.25) is 0 Å². The maximum absolute atomic E-state index is 11.5. The molecule has 0 radical (unpaired) electrons. The van der Waals surface area contributed by atoms with Crippen molar-refractivity contribution in [1.82, 2.24) is 5.32 Å². The fourth-order valence-corrected chi connectivity index (χ4v) is 2.21. The van der Waals surface area contributed by atoms with Crippen LogP contribution in [0.15, 0.2) is 24.3 Å². The summed E-state index contributed by atoms with van der Waals surface area (Å²) in [5, 5.41) is 3.40. The van der Waals surface area contributed by atoms with Crippen molar-refractivity contribution in [2.45, 2.75) is 52.0 Å². The largest absolute Gasteiger partial charge is 0.453 e. The predicted molar refractivity (Wildman–Crippen MR) is 73.0 cm³/mol. The molecule has 1 aliphatic rings. The Kier molecular flexibility index (Phi) is 4.43. The molecule has 1 aromatic rings. The Labute approximate surface area is 114 Å². The first-order chi connectivity index (χ1) is 9.10. The zero-order valence-electron chi connectivity index (χ0n) is 11.7. The normalized spacial score (nSPS) is 21.7. The van der Waals surface area contributed by atoms with Gasteiger partial charge < -0.3 is 14.8 Å². The van der Waals surface area contributed by atoms with Gasteiger partial charge in [-0.25, -0.2) is 0 Å². The fourth-order valence-electron chi connectivity index (χ4n) is 2.21. The summed E-state index contributed by atoms with van der Waals surface area (Å²) in [6.45, 7) is 5.92. The number of nitrogens with one attached hydrogen (secondary N) is 1. The molecule has 1 N–H and O–H groups in total. The van der Waals surface area contributed by atoms with Crippen LogP contribution in [0, 0.1) is 0 Å². The minimum absolute atomic E-state index is 0.00889. The highest BCUT2D eigenvalue weighted by molar-refractivity contribution is 5.69. The zero-order valence-corrected chi connectivity index (χ0v) is 11.7. The lowest BCUT2D eigenvalue weighted by Gasteiger charge is -2.34. The zero-order chi connectivity index (χ0) is 13.8. The summed E-state index contributed by atoms with van der Waals surface area (Å²) in [6, 6.07) is 8.17. The van der Waals surface area contributed by atoms with Gasteiger partial charge in [0.15, 0.2) is 0 Å². The van der Waals surface area contributed by atoms with Gasteiger partial charge in [-0.05, 0) is 18.1 Å². The molecule has 0 aromatic heterocycles. The number of fused-ring (bicyclic) bond motifs is 1. The molecule has 0 fully saturated rings. The average molecular weight is 263 g/mol. The Hall–Kier alpha value is -1.55. The summed E-state index contributed by atoms with van der Waals surface area (Å²) in [5.74, 6) is 0.568. The molecule has 0 spiro atoms. The van der Waals surface area contributed by atoms with Crippen LogP contribution in [-0.2, 0) is 16.0 Å². The van der Waals surface area contributed by atoms with Crippen LogP contribution in [0.1, 0.15) is 32.8 Å². The Balaban J connectivity index is 2.16. The number of ether oxygens (including phenoxy) is 2. The van der Waals surface area contributed by atoms with E-state index in [1.807, 2.05) is 24.3 Å². The van der Waals surface area contributed by atoms with E-state index in [2.05, 4.69) is 19.2 Å². The van der Waals surface area contributed by atoms with E-state index in [0.717, 1.165) is 17.7 Å². The van der Waals surface area contributed by atoms with E-state index in [1.165, 1.54) is 0 Å². The maximum atomic E-state index is 11.5. The second kappa shape index (κ2) is 6.06. The first-order valence-electron chi connectivity index (χ1n) is 6.80. The number of carbonyl (C=O) groups is 1. The van der Waals surface area contributed by atoms with Crippen molar-refractivity contribution in [2.24, 2.45) is 0 Å². The van der Waals surface area contributed by atoms with Crippen molar-refractivity contribution in [3.63, 3.8) is 0 Å². The number of hydrogen-bond acceptors (Lipinski definition) is 4. The van der Waals surface area contributed by atoms with Gasteiger partial charge in [-0.15, -0.1) is 0 Å². The molecule has 0 bridgehead atoms. The summed E-state index contributed by atoms with van der Waals surface area (Å²) < 4.78 is 11.2. The molecule has 4 heteroatoms. The summed E-state index contributed by atoms with van der Waals surface area (Å²) >= 11 is 0. The molecular formula is C15H21NO3. The number of rotatable bonds is 4. The third kappa shape index (κ3) is 3.47. The molecule has 2 atom stereocenters. The average Bonchev–Trinajstić information content (AvgIpc) is 2.38. The highest BCUT2D eigenvalue weighted by Gasteiger charge is 2.32. The molecule has 0 aliphatic carbocycles. The Morgan fingerprint density at radius 2 is 2.21 bits per heavy atom. The van der Waals surface area contributed by atoms with Crippen LogP contribution >= 0.6 is 0 Å². The van der Waals surface area contributed by atoms with Crippen LogP contribution < -0.4 is 10.1 Å². The molecule has 1 aromatic carbocycles. The number of esters is 1. The van der Waals surface area contributed by atoms with Gasteiger partial charge in [0.05, 0.1) is 6.04 Å². The van der Waals surface area contributed by atoms with E-state index < -0.39 is 6.29 Å². The second-order valence-electron chi connectivity index (χ2n) is 5.07. The minimum Gasteiger partial charge on any atom is -0.453 e. The number of hydrogen-bond donors (Lipinski definition) is 1. The minimum atomic E-state index is -0.551. The Bertz CT molecular complexity index is 445. The van der Waals surface area contributed by atoms with Crippen LogP contribution in [0.25, 0.3) is 0 Å². The highest BCUT2D eigenvalue weighted by atomic mass is 16.7. The standard InChI is InChI=1S/C15H21NO3/c1-4-14(17)19-15-12(16-10(2)3)9-11-7-5-6-8-13(11)18-15/h5-8,10,12,15-16H,4,9H2,1-3H3/t12-,15?/m0/s1. The van der Waals surface area contributed by atoms with E-state index >= 15 is 0 Å². The summed E-state index contributed by atoms with van der Waals surface area (Å²) in [5.41, 5.74) is 1.14. The van der Waals surface area contributed by atoms with Gasteiger partial charge in [0.1, 0.15) is 5.75 Å². The third-order valence-corrected chi connectivity index (χ3v) is 3.07. The van der Waals surface area contributed by atoms with Crippen molar-refractivity contribution in [2.75, 3.05) is 0 Å². The number of benzene rings is 1. The van der Waals surface area contributed by atoms with E-state index in [0.29, 0.717) is 12.5 Å². The van der Waals surface area contributed by atoms with Crippen LogP contribution in [0.3, 0.4) is 0 Å². The maximum Gasteiger partial charge on any atom is 0.308 e. The molecule has 2 rings (SSSR count). The van der Waals surface area contributed by atoms with Crippen LogP contribution in [0.4, 0.5) is 0 Å². The van der Waals surface area contributed by atoms with Crippen molar-refractivity contribution < 1.29 is 14.3 Å². The Morgan fingerprint density at radius 1 is 1.47 bits per heavy atom. The first-order valence-corrected chi connectivity index (χ1v) is 6.80. The van der Waals surface area contributed by atoms with E-state index in [4.69, 9.17) is 9.47 Å². The molecule has 0 amide bonds. The van der Waals surface area contributed by atoms with Gasteiger partial charge >= 0.3 is 5.97 Å². The van der Waals surface area contributed by atoms with Crippen molar-refractivity contribution in [3.05, 3.63) is 29.8 Å². The second-order valence-corrected chi connectivity index (χ2v) is 5.07. The first kappa shape index (κ1) is 13.9. The SMILES string of the molecule is CCC(=O)OC1Oc2ccccc2C[C@@H]1NC(C)C. The van der Waals surface area contributed by atoms with Crippen LogP contribution in [0.2, 0.25) is 0 Å². The van der Waals surface area contributed by atoms with Gasteiger partial charge in [0.25, 0.3) is 6.29 Å². The molecule has 1 aliphatic heterocycles. The fraction of sp³-hybridized carbons (Fsp3) is 0.533. The van der Waals surface area contributed by atoms with Gasteiger partial charge in [0, 0.05) is 12.5 Å². The van der Waals surface area contributed by atoms with Crippen molar-refractivity contribution in [1.29, 1.82) is 0 Å². The topological polar surface area (TPSA) is 47.6 Å². The summed E-state index contributed by atoms with van der Waals surface area (Å²) in [6.07, 6.45) is 0.607. The Morgan fingerprint density at radius 3 is 2.89 bits per heavy atom. The van der Waals surface area contributed by atoms with Gasteiger partial charge in [-0.2, -0.15) is 0 Å². The van der Waals surface area contributed by atoms with E-state index in [1.54, 1.807) is 6.92 Å². The third-order valence-electron chi connectivity index (χ3n) is 3.07. The molecule has 104 valence electrons. The monoisotopic (exact) mass is 263 g/mol. The number of para-hydroxylation sites is 1. The molecule has 4 nitrogen and oxygen atoms in total. The van der Waals surface area contributed by atoms with E-state index in [9.17, 15) is 4.79 Å². The van der Waals surface area contributed by atoms with E-state index in [-0.39, 0.29) is 12.0 Å². The van der Waals surface area contributed by atoms with Crippen molar-refractivity contribution >= 4 is 5.97 Å². The molecule has 0 saturated carbocycles. The quantitative estimate of drug-likeness (QED) is 0.847.